The minimum absolute atomic E-state index is 0.102. The van der Waals surface area contributed by atoms with Crippen molar-refractivity contribution in [3.05, 3.63) is 52.6 Å². The molecule has 8 nitrogen and oxygen atoms in total. The summed E-state index contributed by atoms with van der Waals surface area (Å²) in [6, 6.07) is 7.97. The van der Waals surface area contributed by atoms with Gasteiger partial charge in [-0.15, -0.1) is 0 Å². The lowest BCUT2D eigenvalue weighted by Crippen LogP contribution is -2.34. The van der Waals surface area contributed by atoms with Crippen molar-refractivity contribution in [2.75, 3.05) is 36.5 Å². The smallest absolute Gasteiger partial charge is 0.255 e. The molecule has 2 aromatic rings. The van der Waals surface area contributed by atoms with Gasteiger partial charge in [-0.1, -0.05) is 0 Å². The summed E-state index contributed by atoms with van der Waals surface area (Å²) in [5.74, 6) is -0.388. The number of amides is 1. The van der Waals surface area contributed by atoms with Gasteiger partial charge in [-0.05, 0) is 73.7 Å². The van der Waals surface area contributed by atoms with E-state index in [2.05, 4.69) is 5.32 Å². The Labute approximate surface area is 184 Å². The molecule has 0 aromatic heterocycles. The van der Waals surface area contributed by atoms with E-state index in [1.165, 1.54) is 30.7 Å². The normalized spacial score (nSPS) is 14.5. The Morgan fingerprint density at radius 2 is 1.74 bits per heavy atom. The molecule has 1 N–H and O–H groups in total. The van der Waals surface area contributed by atoms with Crippen LogP contribution in [0.4, 0.5) is 11.4 Å². The van der Waals surface area contributed by atoms with Crippen molar-refractivity contribution in [1.29, 1.82) is 0 Å². The molecule has 0 fully saturated rings. The number of benzene rings is 2. The molecule has 0 bridgehead atoms. The standard InChI is InChI=1S/C21H27N3O5S2/c1-14-11-18(31(28,29)23(3)4)13-19(15(14)2)22-21(25)17-8-9-20-16(12-17)7-6-10-24(20)30(5,26)27/h8-9,11-13H,6-7,10H2,1-5H3,(H,22,25). The van der Waals surface area contributed by atoms with E-state index in [4.69, 9.17) is 0 Å². The van der Waals surface area contributed by atoms with Gasteiger partial charge in [0.25, 0.3) is 5.91 Å². The lowest BCUT2D eigenvalue weighted by atomic mass is 10.0. The first-order valence-electron chi connectivity index (χ1n) is 9.78. The van der Waals surface area contributed by atoms with E-state index < -0.39 is 20.0 Å². The number of aryl methyl sites for hydroxylation is 2. The summed E-state index contributed by atoms with van der Waals surface area (Å²) >= 11 is 0. The summed E-state index contributed by atoms with van der Waals surface area (Å²) in [7, 11) is -4.13. The number of sulfonamides is 2. The molecule has 0 atom stereocenters. The molecule has 1 heterocycles. The number of rotatable bonds is 5. The minimum Gasteiger partial charge on any atom is -0.322 e. The Balaban J connectivity index is 1.95. The number of carbonyl (C=O) groups is 1. The summed E-state index contributed by atoms with van der Waals surface area (Å²) < 4.78 is 51.6. The molecule has 0 aliphatic carbocycles. The van der Waals surface area contributed by atoms with E-state index in [0.717, 1.165) is 21.0 Å². The van der Waals surface area contributed by atoms with Crippen LogP contribution in [0.1, 0.15) is 33.5 Å². The molecule has 10 heteroatoms. The quantitative estimate of drug-likeness (QED) is 0.731. The molecule has 0 unspecified atom stereocenters. The van der Waals surface area contributed by atoms with Crippen LogP contribution >= 0.6 is 0 Å². The van der Waals surface area contributed by atoms with E-state index in [1.807, 2.05) is 6.92 Å². The largest absolute Gasteiger partial charge is 0.322 e. The van der Waals surface area contributed by atoms with Crippen LogP contribution in [0, 0.1) is 13.8 Å². The molecule has 3 rings (SSSR count). The van der Waals surface area contributed by atoms with Gasteiger partial charge in [0.15, 0.2) is 0 Å². The van der Waals surface area contributed by atoms with Crippen molar-refractivity contribution < 1.29 is 21.6 Å². The SMILES string of the molecule is Cc1cc(S(=O)(=O)N(C)C)cc(NC(=O)c2ccc3c(c2)CCCN3S(C)(=O)=O)c1C. The topological polar surface area (TPSA) is 104 Å². The highest BCUT2D eigenvalue weighted by Gasteiger charge is 2.25. The van der Waals surface area contributed by atoms with Gasteiger partial charge in [0.2, 0.25) is 20.0 Å². The number of nitrogens with one attached hydrogen (secondary N) is 1. The van der Waals surface area contributed by atoms with Gasteiger partial charge in [-0.25, -0.2) is 21.1 Å². The van der Waals surface area contributed by atoms with Gasteiger partial charge >= 0.3 is 0 Å². The Morgan fingerprint density at radius 1 is 1.06 bits per heavy atom. The number of hydrogen-bond acceptors (Lipinski definition) is 5. The van der Waals surface area contributed by atoms with E-state index >= 15 is 0 Å². The van der Waals surface area contributed by atoms with Crippen molar-refractivity contribution in [2.24, 2.45) is 0 Å². The van der Waals surface area contributed by atoms with Gasteiger partial charge in [0, 0.05) is 31.9 Å². The molecule has 1 aliphatic heterocycles. The molecule has 0 saturated carbocycles. The van der Waals surface area contributed by atoms with Crippen molar-refractivity contribution in [2.45, 2.75) is 31.6 Å². The average molecular weight is 466 g/mol. The van der Waals surface area contributed by atoms with E-state index in [-0.39, 0.29) is 10.8 Å². The molecular formula is C21H27N3O5S2. The number of fused-ring (bicyclic) bond motifs is 1. The highest BCUT2D eigenvalue weighted by molar-refractivity contribution is 7.92. The summed E-state index contributed by atoms with van der Waals surface area (Å²) in [5.41, 5.74) is 3.70. The zero-order valence-electron chi connectivity index (χ0n) is 18.3. The van der Waals surface area contributed by atoms with Gasteiger partial charge in [0.05, 0.1) is 16.8 Å². The highest BCUT2D eigenvalue weighted by atomic mass is 32.2. The minimum atomic E-state index is -3.65. The molecule has 0 saturated heterocycles. The molecule has 2 aromatic carbocycles. The lowest BCUT2D eigenvalue weighted by molar-refractivity contribution is 0.102. The molecular weight excluding hydrogens is 438 g/mol. The second-order valence-corrected chi connectivity index (χ2v) is 12.0. The molecule has 0 spiro atoms. The molecule has 0 radical (unpaired) electrons. The molecule has 1 aliphatic rings. The van der Waals surface area contributed by atoms with Crippen molar-refractivity contribution in [3.8, 4) is 0 Å². The highest BCUT2D eigenvalue weighted by Crippen LogP contribution is 2.31. The van der Waals surface area contributed by atoms with Gasteiger partial charge in [0.1, 0.15) is 0 Å². The third kappa shape index (κ3) is 4.60. The van der Waals surface area contributed by atoms with Crippen molar-refractivity contribution >= 4 is 37.3 Å². The Bertz CT molecular complexity index is 1250. The fourth-order valence-electron chi connectivity index (χ4n) is 3.56. The molecule has 31 heavy (non-hydrogen) atoms. The Kier molecular flexibility index (Phi) is 6.18. The van der Waals surface area contributed by atoms with Gasteiger partial charge in [-0.3, -0.25) is 9.10 Å². The summed E-state index contributed by atoms with van der Waals surface area (Å²) in [5, 5.41) is 2.81. The van der Waals surface area contributed by atoms with Crippen LogP contribution in [0.25, 0.3) is 0 Å². The third-order valence-corrected chi connectivity index (χ3v) is 8.46. The fraction of sp³-hybridized carbons (Fsp3) is 0.381. The summed E-state index contributed by atoms with van der Waals surface area (Å²) in [6.07, 6.45) is 2.52. The number of nitrogens with zero attached hydrogens (tertiary/aromatic N) is 2. The summed E-state index contributed by atoms with van der Waals surface area (Å²) in [6.45, 7) is 4.02. The zero-order valence-corrected chi connectivity index (χ0v) is 19.9. The average Bonchev–Trinajstić information content (AvgIpc) is 2.69. The maximum atomic E-state index is 12.9. The first-order valence-corrected chi connectivity index (χ1v) is 13.1. The maximum Gasteiger partial charge on any atom is 0.255 e. The van der Waals surface area contributed by atoms with Crippen LogP contribution in [-0.4, -0.2) is 53.9 Å². The maximum absolute atomic E-state index is 12.9. The second-order valence-electron chi connectivity index (χ2n) is 7.94. The van der Waals surface area contributed by atoms with Crippen LogP contribution in [0.2, 0.25) is 0 Å². The predicted octanol–water partition coefficient (Wildman–Crippen LogP) is 2.52. The Morgan fingerprint density at radius 3 is 2.35 bits per heavy atom. The first-order chi connectivity index (χ1) is 14.3. The third-order valence-electron chi connectivity index (χ3n) is 5.49. The van der Waals surface area contributed by atoms with Crippen LogP contribution in [0.15, 0.2) is 35.2 Å². The van der Waals surface area contributed by atoms with Crippen molar-refractivity contribution in [3.63, 3.8) is 0 Å². The second kappa shape index (κ2) is 8.25. The predicted molar refractivity (Wildman–Crippen MR) is 122 cm³/mol. The van der Waals surface area contributed by atoms with Gasteiger partial charge < -0.3 is 5.32 Å². The number of anilines is 2. The van der Waals surface area contributed by atoms with Crippen LogP contribution in [0.5, 0.6) is 0 Å². The van der Waals surface area contributed by atoms with Crippen LogP contribution < -0.4 is 9.62 Å². The monoisotopic (exact) mass is 465 g/mol. The van der Waals surface area contributed by atoms with Gasteiger partial charge in [-0.2, -0.15) is 0 Å². The zero-order chi connectivity index (χ0) is 23.1. The molecule has 168 valence electrons. The first kappa shape index (κ1) is 23.2. The fourth-order valence-corrected chi connectivity index (χ4v) is 5.57. The number of hydrogen-bond donors (Lipinski definition) is 1. The van der Waals surface area contributed by atoms with E-state index in [9.17, 15) is 21.6 Å². The van der Waals surface area contributed by atoms with E-state index in [1.54, 1.807) is 31.2 Å². The summed E-state index contributed by atoms with van der Waals surface area (Å²) in [4.78, 5) is 13.0. The number of carbonyl (C=O) groups excluding carboxylic acids is 1. The van der Waals surface area contributed by atoms with Crippen molar-refractivity contribution in [1.82, 2.24) is 4.31 Å². The van der Waals surface area contributed by atoms with Crippen LogP contribution in [0.3, 0.4) is 0 Å². The van der Waals surface area contributed by atoms with Crippen LogP contribution in [-0.2, 0) is 26.5 Å². The molecule has 1 amide bonds. The lowest BCUT2D eigenvalue weighted by Gasteiger charge is -2.29. The Hall–Kier alpha value is -2.43. The van der Waals surface area contributed by atoms with E-state index in [0.29, 0.717) is 36.3 Å².